The van der Waals surface area contributed by atoms with Crippen molar-refractivity contribution in [1.82, 2.24) is 0 Å². The van der Waals surface area contributed by atoms with Gasteiger partial charge < -0.3 is 5.73 Å². The molecule has 0 saturated heterocycles. The molecule has 3 heteroatoms. The van der Waals surface area contributed by atoms with Crippen molar-refractivity contribution in [3.05, 3.63) is 34.4 Å². The van der Waals surface area contributed by atoms with Crippen LogP contribution in [0.5, 0.6) is 0 Å². The van der Waals surface area contributed by atoms with E-state index in [4.69, 9.17) is 11.0 Å². The largest absolute Gasteiger partial charge is 0.323 e. The molecule has 1 atom stereocenters. The Labute approximate surface area is 97.5 Å². The quantitative estimate of drug-likeness (QED) is 0.840. The van der Waals surface area contributed by atoms with Gasteiger partial charge in [0.05, 0.1) is 12.5 Å². The standard InChI is InChI=1S/C12H16N2.ClH/c1-8-6-9(2)12(10(3)7-8)11(14)4-5-13;/h6-7,11H,4,14H2,1-3H3;1H/t11-;/m1./s1. The number of hydrogen-bond acceptors (Lipinski definition) is 2. The lowest BCUT2D eigenvalue weighted by atomic mass is 9.93. The summed E-state index contributed by atoms with van der Waals surface area (Å²) in [6.07, 6.45) is 0.380. The van der Waals surface area contributed by atoms with Crippen LogP contribution in [-0.2, 0) is 0 Å². The Morgan fingerprint density at radius 1 is 1.27 bits per heavy atom. The summed E-state index contributed by atoms with van der Waals surface area (Å²) in [5.41, 5.74) is 10.7. The van der Waals surface area contributed by atoms with E-state index in [1.54, 1.807) is 0 Å². The lowest BCUT2D eigenvalue weighted by molar-refractivity contribution is 0.736. The van der Waals surface area contributed by atoms with Crippen LogP contribution in [0.2, 0.25) is 0 Å². The second-order valence-electron chi connectivity index (χ2n) is 3.78. The van der Waals surface area contributed by atoms with Gasteiger partial charge in [0.25, 0.3) is 0 Å². The third kappa shape index (κ3) is 3.23. The molecule has 0 aliphatic heterocycles. The van der Waals surface area contributed by atoms with Crippen LogP contribution in [0, 0.1) is 32.1 Å². The minimum absolute atomic E-state index is 0. The molecule has 1 aromatic carbocycles. The third-order valence-electron chi connectivity index (χ3n) is 2.42. The molecule has 15 heavy (non-hydrogen) atoms. The van der Waals surface area contributed by atoms with Crippen LogP contribution in [0.15, 0.2) is 12.1 Å². The van der Waals surface area contributed by atoms with E-state index in [1.807, 2.05) is 13.8 Å². The summed E-state index contributed by atoms with van der Waals surface area (Å²) in [5, 5.41) is 8.60. The Bertz CT molecular complexity index is 357. The molecule has 82 valence electrons. The fourth-order valence-corrected chi connectivity index (χ4v) is 1.98. The average molecular weight is 225 g/mol. The average Bonchev–Trinajstić information content (AvgIpc) is 2.01. The van der Waals surface area contributed by atoms with Crippen molar-refractivity contribution < 1.29 is 0 Å². The van der Waals surface area contributed by atoms with Crippen molar-refractivity contribution in [2.75, 3.05) is 0 Å². The summed E-state index contributed by atoms with van der Waals surface area (Å²) in [5.74, 6) is 0. The fourth-order valence-electron chi connectivity index (χ4n) is 1.98. The zero-order valence-electron chi connectivity index (χ0n) is 9.37. The first-order valence-corrected chi connectivity index (χ1v) is 4.76. The smallest absolute Gasteiger partial charge is 0.0641 e. The number of benzene rings is 1. The van der Waals surface area contributed by atoms with Crippen molar-refractivity contribution in [2.24, 2.45) is 5.73 Å². The molecule has 0 spiro atoms. The van der Waals surface area contributed by atoms with Gasteiger partial charge in [-0.15, -0.1) is 12.4 Å². The highest BCUT2D eigenvalue weighted by Gasteiger charge is 2.11. The molecule has 0 fully saturated rings. The highest BCUT2D eigenvalue weighted by Crippen LogP contribution is 2.23. The first-order valence-electron chi connectivity index (χ1n) is 4.76. The van der Waals surface area contributed by atoms with Gasteiger partial charge in [0, 0.05) is 6.04 Å². The van der Waals surface area contributed by atoms with E-state index >= 15 is 0 Å². The van der Waals surface area contributed by atoms with Crippen molar-refractivity contribution in [3.63, 3.8) is 0 Å². The Kier molecular flexibility index (Phi) is 5.35. The van der Waals surface area contributed by atoms with Crippen LogP contribution in [0.3, 0.4) is 0 Å². The van der Waals surface area contributed by atoms with Gasteiger partial charge in [0.15, 0.2) is 0 Å². The lowest BCUT2D eigenvalue weighted by Crippen LogP contribution is -2.12. The van der Waals surface area contributed by atoms with Gasteiger partial charge >= 0.3 is 0 Å². The molecule has 1 aromatic rings. The van der Waals surface area contributed by atoms with Crippen LogP contribution in [-0.4, -0.2) is 0 Å². The summed E-state index contributed by atoms with van der Waals surface area (Å²) >= 11 is 0. The topological polar surface area (TPSA) is 49.8 Å². The van der Waals surface area contributed by atoms with Gasteiger partial charge in [-0.2, -0.15) is 5.26 Å². The molecule has 2 N–H and O–H groups in total. The second-order valence-corrected chi connectivity index (χ2v) is 3.78. The summed E-state index contributed by atoms with van der Waals surface area (Å²) in [6, 6.07) is 6.18. The van der Waals surface area contributed by atoms with Crippen LogP contribution in [0.4, 0.5) is 0 Å². The number of aryl methyl sites for hydroxylation is 3. The number of rotatable bonds is 2. The summed E-state index contributed by atoms with van der Waals surface area (Å²) in [6.45, 7) is 6.17. The monoisotopic (exact) mass is 224 g/mol. The van der Waals surface area contributed by atoms with E-state index in [0.717, 1.165) is 5.56 Å². The molecular formula is C12H17ClN2. The maximum atomic E-state index is 8.60. The highest BCUT2D eigenvalue weighted by molar-refractivity contribution is 5.85. The minimum Gasteiger partial charge on any atom is -0.323 e. The van der Waals surface area contributed by atoms with Crippen molar-refractivity contribution in [3.8, 4) is 6.07 Å². The molecule has 0 heterocycles. The molecule has 0 unspecified atom stereocenters. The van der Waals surface area contributed by atoms with E-state index in [0.29, 0.717) is 6.42 Å². The maximum absolute atomic E-state index is 8.60. The lowest BCUT2D eigenvalue weighted by Gasteiger charge is -2.15. The Balaban J connectivity index is 0.00000196. The molecule has 0 aliphatic rings. The van der Waals surface area contributed by atoms with Crippen LogP contribution >= 0.6 is 12.4 Å². The first-order chi connectivity index (χ1) is 6.56. The van der Waals surface area contributed by atoms with Gasteiger partial charge in [-0.3, -0.25) is 0 Å². The van der Waals surface area contributed by atoms with Gasteiger partial charge in [-0.05, 0) is 37.5 Å². The van der Waals surface area contributed by atoms with E-state index in [-0.39, 0.29) is 18.4 Å². The Morgan fingerprint density at radius 3 is 2.13 bits per heavy atom. The second kappa shape index (κ2) is 5.75. The molecule has 0 aromatic heterocycles. The normalized spacial score (nSPS) is 11.4. The highest BCUT2D eigenvalue weighted by atomic mass is 35.5. The predicted molar refractivity (Wildman–Crippen MR) is 65.1 cm³/mol. The summed E-state index contributed by atoms with van der Waals surface area (Å²) < 4.78 is 0. The van der Waals surface area contributed by atoms with E-state index < -0.39 is 0 Å². The zero-order valence-corrected chi connectivity index (χ0v) is 10.2. The zero-order chi connectivity index (χ0) is 10.7. The minimum atomic E-state index is -0.152. The predicted octanol–water partition coefficient (Wildman–Crippen LogP) is 2.95. The Hall–Kier alpha value is -1.04. The van der Waals surface area contributed by atoms with Crippen LogP contribution in [0.25, 0.3) is 0 Å². The van der Waals surface area contributed by atoms with Gasteiger partial charge in [-0.1, -0.05) is 17.7 Å². The summed E-state index contributed by atoms with van der Waals surface area (Å²) in [7, 11) is 0. The van der Waals surface area contributed by atoms with Crippen molar-refractivity contribution >= 4 is 12.4 Å². The van der Waals surface area contributed by atoms with Gasteiger partial charge in [0.1, 0.15) is 0 Å². The molecule has 0 bridgehead atoms. The number of nitriles is 1. The van der Waals surface area contributed by atoms with Crippen molar-refractivity contribution in [2.45, 2.75) is 33.2 Å². The molecule has 0 saturated carbocycles. The summed E-state index contributed by atoms with van der Waals surface area (Å²) in [4.78, 5) is 0. The maximum Gasteiger partial charge on any atom is 0.0641 e. The first kappa shape index (κ1) is 14.0. The van der Waals surface area contributed by atoms with E-state index in [9.17, 15) is 0 Å². The van der Waals surface area contributed by atoms with Gasteiger partial charge in [-0.25, -0.2) is 0 Å². The number of nitrogens with two attached hydrogens (primary N) is 1. The van der Waals surface area contributed by atoms with Gasteiger partial charge in [0.2, 0.25) is 0 Å². The molecule has 2 nitrogen and oxygen atoms in total. The van der Waals surface area contributed by atoms with E-state index in [1.165, 1.54) is 16.7 Å². The number of nitrogens with zero attached hydrogens (tertiary/aromatic N) is 1. The third-order valence-corrected chi connectivity index (χ3v) is 2.42. The molecular weight excluding hydrogens is 208 g/mol. The molecule has 0 aliphatic carbocycles. The number of hydrogen-bond donors (Lipinski definition) is 1. The molecule has 0 amide bonds. The van der Waals surface area contributed by atoms with Crippen molar-refractivity contribution in [1.29, 1.82) is 5.26 Å². The SMILES string of the molecule is Cc1cc(C)c([C@H](N)CC#N)c(C)c1.Cl. The Morgan fingerprint density at radius 2 is 1.73 bits per heavy atom. The molecule has 1 rings (SSSR count). The van der Waals surface area contributed by atoms with Crippen LogP contribution in [0.1, 0.15) is 34.7 Å². The fraction of sp³-hybridized carbons (Fsp3) is 0.417. The van der Waals surface area contributed by atoms with Crippen LogP contribution < -0.4 is 5.73 Å². The number of halogens is 1. The molecule has 0 radical (unpaired) electrons. The van der Waals surface area contributed by atoms with E-state index in [2.05, 4.69) is 25.1 Å².